The topological polar surface area (TPSA) is 70.5 Å². The van der Waals surface area contributed by atoms with E-state index >= 15 is 0 Å². The first-order valence-electron chi connectivity index (χ1n) is 4.98. The Balaban J connectivity index is 2.86. The molecule has 0 bridgehead atoms. The molecule has 0 aliphatic rings. The summed E-state index contributed by atoms with van der Waals surface area (Å²) >= 11 is 0. The highest BCUT2D eigenvalue weighted by atomic mass is 16.4. The van der Waals surface area contributed by atoms with Gasteiger partial charge in [-0.15, -0.1) is 0 Å². The summed E-state index contributed by atoms with van der Waals surface area (Å²) in [6.07, 6.45) is 3.39. The van der Waals surface area contributed by atoms with E-state index in [1.54, 1.807) is 38.5 Å². The SMILES string of the molecule is CCC(C(=O)O)C(=O)N(C)c1ccncc1. The van der Waals surface area contributed by atoms with E-state index in [9.17, 15) is 9.59 Å². The Morgan fingerprint density at radius 2 is 2.00 bits per heavy atom. The fraction of sp³-hybridized carbons (Fsp3) is 0.364. The van der Waals surface area contributed by atoms with Crippen molar-refractivity contribution in [2.75, 3.05) is 11.9 Å². The minimum absolute atomic E-state index is 0.281. The largest absolute Gasteiger partial charge is 0.481 e. The Labute approximate surface area is 93.7 Å². The van der Waals surface area contributed by atoms with E-state index in [-0.39, 0.29) is 6.42 Å². The molecule has 16 heavy (non-hydrogen) atoms. The monoisotopic (exact) mass is 222 g/mol. The number of carboxylic acid groups (broad SMARTS) is 1. The summed E-state index contributed by atoms with van der Waals surface area (Å²) in [4.78, 5) is 27.9. The number of aromatic nitrogens is 1. The van der Waals surface area contributed by atoms with Gasteiger partial charge in [0.2, 0.25) is 5.91 Å². The number of aliphatic carboxylic acids is 1. The van der Waals surface area contributed by atoms with E-state index in [1.165, 1.54) is 4.90 Å². The number of rotatable bonds is 4. The van der Waals surface area contributed by atoms with Crippen molar-refractivity contribution in [2.24, 2.45) is 5.92 Å². The van der Waals surface area contributed by atoms with Crippen LogP contribution in [0.1, 0.15) is 13.3 Å². The first-order valence-corrected chi connectivity index (χ1v) is 4.98. The van der Waals surface area contributed by atoms with Crippen LogP contribution in [0.25, 0.3) is 0 Å². The Morgan fingerprint density at radius 1 is 1.44 bits per heavy atom. The second-order valence-electron chi connectivity index (χ2n) is 3.40. The van der Waals surface area contributed by atoms with Crippen LogP contribution in [0, 0.1) is 5.92 Å². The maximum absolute atomic E-state index is 11.8. The van der Waals surface area contributed by atoms with Crippen LogP contribution < -0.4 is 4.90 Å². The van der Waals surface area contributed by atoms with Gasteiger partial charge in [0, 0.05) is 25.1 Å². The highest BCUT2D eigenvalue weighted by Crippen LogP contribution is 2.15. The molecule has 0 saturated heterocycles. The average Bonchev–Trinajstić information content (AvgIpc) is 2.29. The first kappa shape index (κ1) is 12.2. The van der Waals surface area contributed by atoms with Crippen LogP contribution in [0.5, 0.6) is 0 Å². The predicted molar refractivity (Wildman–Crippen MR) is 59.1 cm³/mol. The number of anilines is 1. The number of carbonyl (C=O) groups excluding carboxylic acids is 1. The molecule has 5 nitrogen and oxygen atoms in total. The normalized spacial score (nSPS) is 11.9. The molecular weight excluding hydrogens is 208 g/mol. The lowest BCUT2D eigenvalue weighted by atomic mass is 10.1. The molecule has 86 valence electrons. The smallest absolute Gasteiger partial charge is 0.316 e. The van der Waals surface area contributed by atoms with Gasteiger partial charge in [-0.1, -0.05) is 6.92 Å². The summed E-state index contributed by atoms with van der Waals surface area (Å²) in [6, 6.07) is 3.32. The van der Waals surface area contributed by atoms with Crippen LogP contribution in [0.4, 0.5) is 5.69 Å². The van der Waals surface area contributed by atoms with Crippen molar-refractivity contribution in [3.8, 4) is 0 Å². The van der Waals surface area contributed by atoms with Crippen LogP contribution in [-0.2, 0) is 9.59 Å². The van der Waals surface area contributed by atoms with Gasteiger partial charge in [0.1, 0.15) is 5.92 Å². The lowest BCUT2D eigenvalue weighted by Crippen LogP contribution is -2.36. The Hall–Kier alpha value is -1.91. The van der Waals surface area contributed by atoms with Gasteiger partial charge in [-0.2, -0.15) is 0 Å². The standard InChI is InChI=1S/C11H14N2O3/c1-3-9(11(15)16)10(14)13(2)8-4-6-12-7-5-8/h4-7,9H,3H2,1-2H3,(H,15,16). The van der Waals surface area contributed by atoms with Crippen LogP contribution >= 0.6 is 0 Å². The molecule has 1 unspecified atom stereocenters. The summed E-state index contributed by atoms with van der Waals surface area (Å²) in [5.74, 6) is -2.49. The molecule has 0 aromatic carbocycles. The van der Waals surface area contributed by atoms with Crippen LogP contribution in [0.2, 0.25) is 0 Å². The highest BCUT2D eigenvalue weighted by molar-refractivity contribution is 6.05. The van der Waals surface area contributed by atoms with Crippen molar-refractivity contribution >= 4 is 17.6 Å². The number of amides is 1. The summed E-state index contributed by atoms with van der Waals surface area (Å²) < 4.78 is 0. The van der Waals surface area contributed by atoms with Gasteiger partial charge in [-0.05, 0) is 18.6 Å². The molecule has 1 amide bonds. The third-order valence-electron chi connectivity index (χ3n) is 2.39. The maximum Gasteiger partial charge on any atom is 0.316 e. The first-order chi connectivity index (χ1) is 7.57. The zero-order valence-electron chi connectivity index (χ0n) is 9.25. The third kappa shape index (κ3) is 2.56. The fourth-order valence-electron chi connectivity index (χ4n) is 1.38. The van der Waals surface area contributed by atoms with E-state index in [0.29, 0.717) is 5.69 Å². The van der Waals surface area contributed by atoms with Crippen LogP contribution in [-0.4, -0.2) is 29.0 Å². The van der Waals surface area contributed by atoms with E-state index in [2.05, 4.69) is 4.98 Å². The second kappa shape index (κ2) is 5.25. The molecule has 0 spiro atoms. The number of hydrogen-bond donors (Lipinski definition) is 1. The molecule has 0 aliphatic carbocycles. The van der Waals surface area contributed by atoms with Crippen molar-refractivity contribution in [1.82, 2.24) is 4.98 Å². The second-order valence-corrected chi connectivity index (χ2v) is 3.40. The van der Waals surface area contributed by atoms with Gasteiger partial charge >= 0.3 is 5.97 Å². The summed E-state index contributed by atoms with van der Waals surface area (Å²) in [7, 11) is 1.56. The van der Waals surface area contributed by atoms with Gasteiger partial charge in [0.05, 0.1) is 0 Å². The van der Waals surface area contributed by atoms with Crippen LogP contribution in [0.15, 0.2) is 24.5 Å². The van der Waals surface area contributed by atoms with Gasteiger partial charge < -0.3 is 10.0 Å². The molecule has 5 heteroatoms. The summed E-state index contributed by atoms with van der Waals surface area (Å²) in [5, 5.41) is 8.88. The molecule has 0 saturated carbocycles. The predicted octanol–water partition coefficient (Wildman–Crippen LogP) is 1.16. The molecule has 1 atom stereocenters. The lowest BCUT2D eigenvalue weighted by molar-refractivity contribution is -0.146. The number of carbonyl (C=O) groups is 2. The van der Waals surface area contributed by atoms with Crippen molar-refractivity contribution in [2.45, 2.75) is 13.3 Å². The molecule has 0 radical (unpaired) electrons. The number of hydrogen-bond acceptors (Lipinski definition) is 3. The van der Waals surface area contributed by atoms with Crippen molar-refractivity contribution in [3.63, 3.8) is 0 Å². The van der Waals surface area contributed by atoms with Gasteiger partial charge in [-0.3, -0.25) is 14.6 Å². The van der Waals surface area contributed by atoms with E-state index in [0.717, 1.165) is 0 Å². The molecule has 0 aliphatic heterocycles. The van der Waals surface area contributed by atoms with Crippen molar-refractivity contribution < 1.29 is 14.7 Å². The van der Waals surface area contributed by atoms with E-state index in [1.807, 2.05) is 0 Å². The maximum atomic E-state index is 11.8. The Morgan fingerprint density at radius 3 is 2.44 bits per heavy atom. The summed E-state index contributed by atoms with van der Waals surface area (Å²) in [6.45, 7) is 1.68. The van der Waals surface area contributed by atoms with Gasteiger partial charge in [-0.25, -0.2) is 0 Å². The highest BCUT2D eigenvalue weighted by Gasteiger charge is 2.27. The molecular formula is C11H14N2O3. The van der Waals surface area contributed by atoms with Gasteiger partial charge in [0.25, 0.3) is 0 Å². The van der Waals surface area contributed by atoms with E-state index < -0.39 is 17.8 Å². The minimum Gasteiger partial charge on any atom is -0.481 e. The average molecular weight is 222 g/mol. The molecule has 1 rings (SSSR count). The van der Waals surface area contributed by atoms with Gasteiger partial charge in [0.15, 0.2) is 0 Å². The quantitative estimate of drug-likeness (QED) is 0.776. The molecule has 1 aromatic rings. The van der Waals surface area contributed by atoms with Crippen LogP contribution in [0.3, 0.4) is 0 Å². The summed E-state index contributed by atoms with van der Waals surface area (Å²) in [5.41, 5.74) is 0.639. The fourth-order valence-corrected chi connectivity index (χ4v) is 1.38. The molecule has 1 N–H and O–H groups in total. The third-order valence-corrected chi connectivity index (χ3v) is 2.39. The molecule has 1 heterocycles. The van der Waals surface area contributed by atoms with E-state index in [4.69, 9.17) is 5.11 Å². The number of pyridine rings is 1. The van der Waals surface area contributed by atoms with Crippen molar-refractivity contribution in [3.05, 3.63) is 24.5 Å². The minimum atomic E-state index is -1.09. The lowest BCUT2D eigenvalue weighted by Gasteiger charge is -2.20. The number of nitrogens with zero attached hydrogens (tertiary/aromatic N) is 2. The zero-order chi connectivity index (χ0) is 12.1. The van der Waals surface area contributed by atoms with Crippen molar-refractivity contribution in [1.29, 1.82) is 0 Å². The molecule has 1 aromatic heterocycles. The zero-order valence-corrected chi connectivity index (χ0v) is 9.25. The molecule has 0 fully saturated rings. The number of carboxylic acids is 1. The Kier molecular flexibility index (Phi) is 3.99. The Bertz CT molecular complexity index is 378.